The van der Waals surface area contributed by atoms with E-state index in [1.807, 2.05) is 0 Å². The van der Waals surface area contributed by atoms with Gasteiger partial charge in [0, 0.05) is 13.1 Å². The zero-order valence-electron chi connectivity index (χ0n) is 7.96. The van der Waals surface area contributed by atoms with Crippen LogP contribution < -0.4 is 0 Å². The minimum Gasteiger partial charge on any atom is -0.340 e. The lowest BCUT2D eigenvalue weighted by atomic mass is 9.92. The van der Waals surface area contributed by atoms with Crippen molar-refractivity contribution in [3.05, 3.63) is 0 Å². The Morgan fingerprint density at radius 3 is 2.15 bits per heavy atom. The van der Waals surface area contributed by atoms with Crippen LogP contribution in [0.25, 0.3) is 0 Å². The van der Waals surface area contributed by atoms with Crippen LogP contribution in [0.3, 0.4) is 0 Å². The standard InChI is InChI=1S/C9H15Cl2NO/c1-6-3-7(2)5-12(4-6)9(13)8(10)11/h6-8H,3-5H2,1-2H3. The number of hydrogen-bond acceptors (Lipinski definition) is 1. The number of likely N-dealkylation sites (tertiary alicyclic amines) is 1. The molecule has 4 heteroatoms. The highest BCUT2D eigenvalue weighted by Crippen LogP contribution is 2.22. The van der Waals surface area contributed by atoms with Crippen molar-refractivity contribution in [1.29, 1.82) is 0 Å². The molecule has 13 heavy (non-hydrogen) atoms. The minimum absolute atomic E-state index is 0.151. The zero-order chi connectivity index (χ0) is 10.0. The fraction of sp³-hybridized carbons (Fsp3) is 0.889. The van der Waals surface area contributed by atoms with Gasteiger partial charge < -0.3 is 4.90 Å². The SMILES string of the molecule is CC1CC(C)CN(C(=O)C(Cl)Cl)C1. The summed E-state index contributed by atoms with van der Waals surface area (Å²) in [6.07, 6.45) is 1.18. The number of carbonyl (C=O) groups excluding carboxylic acids is 1. The maximum Gasteiger partial charge on any atom is 0.255 e. The Kier molecular flexibility index (Phi) is 3.87. The average Bonchev–Trinajstić information content (AvgIpc) is 2.01. The number of hydrogen-bond donors (Lipinski definition) is 0. The van der Waals surface area contributed by atoms with Gasteiger partial charge in [0.15, 0.2) is 4.84 Å². The molecule has 1 rings (SSSR count). The van der Waals surface area contributed by atoms with Crippen LogP contribution in [0.15, 0.2) is 0 Å². The topological polar surface area (TPSA) is 20.3 Å². The smallest absolute Gasteiger partial charge is 0.255 e. The molecular formula is C9H15Cl2NO. The van der Waals surface area contributed by atoms with Crippen LogP contribution >= 0.6 is 23.2 Å². The molecule has 0 radical (unpaired) electrons. The molecule has 76 valence electrons. The summed E-state index contributed by atoms with van der Waals surface area (Å²) in [5.74, 6) is 0.960. The molecule has 0 saturated carbocycles. The average molecular weight is 224 g/mol. The van der Waals surface area contributed by atoms with Gasteiger partial charge >= 0.3 is 0 Å². The highest BCUT2D eigenvalue weighted by Gasteiger charge is 2.27. The van der Waals surface area contributed by atoms with Gasteiger partial charge in [-0.05, 0) is 18.3 Å². The second kappa shape index (κ2) is 4.52. The number of rotatable bonds is 1. The van der Waals surface area contributed by atoms with E-state index in [2.05, 4.69) is 13.8 Å². The van der Waals surface area contributed by atoms with E-state index in [4.69, 9.17) is 23.2 Å². The maximum absolute atomic E-state index is 11.5. The third kappa shape index (κ3) is 3.03. The summed E-state index contributed by atoms with van der Waals surface area (Å²) in [6.45, 7) is 5.87. The lowest BCUT2D eigenvalue weighted by molar-refractivity contribution is -0.131. The molecule has 0 aromatic heterocycles. The largest absolute Gasteiger partial charge is 0.340 e. The summed E-state index contributed by atoms with van der Waals surface area (Å²) in [4.78, 5) is 12.3. The van der Waals surface area contributed by atoms with Crippen LogP contribution in [-0.4, -0.2) is 28.7 Å². The molecule has 1 aliphatic rings. The lowest BCUT2D eigenvalue weighted by Crippen LogP contribution is -2.44. The van der Waals surface area contributed by atoms with Crippen LogP contribution in [-0.2, 0) is 4.79 Å². The van der Waals surface area contributed by atoms with Crippen LogP contribution in [0, 0.1) is 11.8 Å². The second-order valence-corrected chi connectivity index (χ2v) is 5.09. The summed E-state index contributed by atoms with van der Waals surface area (Å²) in [5, 5.41) is 0. The van der Waals surface area contributed by atoms with Crippen molar-refractivity contribution in [3.8, 4) is 0 Å². The summed E-state index contributed by atoms with van der Waals surface area (Å²) in [7, 11) is 0. The zero-order valence-corrected chi connectivity index (χ0v) is 9.48. The molecule has 1 aliphatic heterocycles. The predicted molar refractivity (Wildman–Crippen MR) is 55.0 cm³/mol. The number of alkyl halides is 2. The Hall–Kier alpha value is 0.0500. The maximum atomic E-state index is 11.5. The first-order chi connectivity index (χ1) is 6.00. The van der Waals surface area contributed by atoms with Crippen molar-refractivity contribution < 1.29 is 4.79 Å². The van der Waals surface area contributed by atoms with E-state index in [9.17, 15) is 4.79 Å². The Bertz CT molecular complexity index is 186. The lowest BCUT2D eigenvalue weighted by Gasteiger charge is -2.35. The van der Waals surface area contributed by atoms with Gasteiger partial charge in [0.1, 0.15) is 0 Å². The van der Waals surface area contributed by atoms with Crippen molar-refractivity contribution in [2.75, 3.05) is 13.1 Å². The van der Waals surface area contributed by atoms with Gasteiger partial charge in [-0.2, -0.15) is 0 Å². The third-order valence-electron chi connectivity index (χ3n) is 2.37. The highest BCUT2D eigenvalue weighted by atomic mass is 35.5. The van der Waals surface area contributed by atoms with E-state index < -0.39 is 4.84 Å². The minimum atomic E-state index is -0.905. The van der Waals surface area contributed by atoms with E-state index in [1.54, 1.807) is 4.90 Å². The van der Waals surface area contributed by atoms with Crippen molar-refractivity contribution >= 4 is 29.1 Å². The first-order valence-corrected chi connectivity index (χ1v) is 5.45. The summed E-state index contributed by atoms with van der Waals surface area (Å²) >= 11 is 11.1. The van der Waals surface area contributed by atoms with Gasteiger partial charge in [0.05, 0.1) is 0 Å². The van der Waals surface area contributed by atoms with Gasteiger partial charge in [0.25, 0.3) is 5.91 Å². The molecule has 1 fully saturated rings. The van der Waals surface area contributed by atoms with Crippen LogP contribution in [0.5, 0.6) is 0 Å². The van der Waals surface area contributed by atoms with Gasteiger partial charge in [-0.15, -0.1) is 0 Å². The Morgan fingerprint density at radius 1 is 1.31 bits per heavy atom. The molecule has 0 aromatic rings. The molecule has 0 bridgehead atoms. The summed E-state index contributed by atoms with van der Waals surface area (Å²) in [6, 6.07) is 0. The van der Waals surface area contributed by atoms with E-state index in [1.165, 1.54) is 6.42 Å². The van der Waals surface area contributed by atoms with Gasteiger partial charge in [-0.1, -0.05) is 37.0 Å². The second-order valence-electron chi connectivity index (χ2n) is 3.99. The molecular weight excluding hydrogens is 209 g/mol. The number of piperidine rings is 1. The molecule has 1 heterocycles. The summed E-state index contributed by atoms with van der Waals surface area (Å²) < 4.78 is 0. The van der Waals surface area contributed by atoms with Gasteiger partial charge in [-0.25, -0.2) is 0 Å². The van der Waals surface area contributed by atoms with Gasteiger partial charge in [0.2, 0.25) is 0 Å². The molecule has 0 N–H and O–H groups in total. The van der Waals surface area contributed by atoms with E-state index in [0.29, 0.717) is 11.8 Å². The number of carbonyl (C=O) groups is 1. The molecule has 2 nitrogen and oxygen atoms in total. The first kappa shape index (κ1) is 11.1. The first-order valence-electron chi connectivity index (χ1n) is 4.57. The quantitative estimate of drug-likeness (QED) is 0.626. The molecule has 1 saturated heterocycles. The monoisotopic (exact) mass is 223 g/mol. The van der Waals surface area contributed by atoms with Crippen LogP contribution in [0.4, 0.5) is 0 Å². The fourth-order valence-corrected chi connectivity index (χ4v) is 2.26. The Balaban J connectivity index is 2.55. The third-order valence-corrected chi connectivity index (χ3v) is 2.74. The molecule has 0 spiro atoms. The van der Waals surface area contributed by atoms with Crippen LogP contribution in [0.1, 0.15) is 20.3 Å². The van der Waals surface area contributed by atoms with E-state index in [0.717, 1.165) is 13.1 Å². The van der Waals surface area contributed by atoms with E-state index >= 15 is 0 Å². The predicted octanol–water partition coefficient (Wildman–Crippen LogP) is 2.29. The van der Waals surface area contributed by atoms with Crippen molar-refractivity contribution in [2.24, 2.45) is 11.8 Å². The Morgan fingerprint density at radius 2 is 1.77 bits per heavy atom. The van der Waals surface area contributed by atoms with E-state index in [-0.39, 0.29) is 5.91 Å². The molecule has 0 aliphatic carbocycles. The Labute approximate surface area is 89.2 Å². The molecule has 2 unspecified atom stereocenters. The molecule has 2 atom stereocenters. The summed E-state index contributed by atoms with van der Waals surface area (Å²) in [5.41, 5.74) is 0. The fourth-order valence-electron chi connectivity index (χ4n) is 1.98. The number of nitrogens with zero attached hydrogens (tertiary/aromatic N) is 1. The van der Waals surface area contributed by atoms with Crippen molar-refractivity contribution in [2.45, 2.75) is 25.1 Å². The molecule has 0 aromatic carbocycles. The normalized spacial score (nSPS) is 29.5. The number of halogens is 2. The van der Waals surface area contributed by atoms with Crippen molar-refractivity contribution in [3.63, 3.8) is 0 Å². The van der Waals surface area contributed by atoms with Gasteiger partial charge in [-0.3, -0.25) is 4.79 Å². The highest BCUT2D eigenvalue weighted by molar-refractivity contribution is 6.53. The van der Waals surface area contributed by atoms with Crippen molar-refractivity contribution in [1.82, 2.24) is 4.90 Å². The number of amides is 1. The molecule has 1 amide bonds. The van der Waals surface area contributed by atoms with Crippen LogP contribution in [0.2, 0.25) is 0 Å².